The summed E-state index contributed by atoms with van der Waals surface area (Å²) in [4.78, 5) is 42.9. The van der Waals surface area contributed by atoms with Crippen LogP contribution in [0.5, 0.6) is 5.75 Å². The molecule has 14 heteroatoms. The molecule has 2 aliphatic heterocycles. The number of hydrogen-bond donors (Lipinski definition) is 1. The lowest BCUT2D eigenvalue weighted by Gasteiger charge is -2.38. The highest BCUT2D eigenvalue weighted by Gasteiger charge is 2.38. The average Bonchev–Trinajstić information content (AvgIpc) is 3.01. The van der Waals surface area contributed by atoms with Crippen molar-refractivity contribution in [1.29, 1.82) is 0 Å². The summed E-state index contributed by atoms with van der Waals surface area (Å²) in [5, 5.41) is 10.2. The number of benzene rings is 1. The van der Waals surface area contributed by atoms with E-state index in [1.165, 1.54) is 6.08 Å². The smallest absolute Gasteiger partial charge is 0.431 e. The Morgan fingerprint density at radius 2 is 1.73 bits per heavy atom. The summed E-state index contributed by atoms with van der Waals surface area (Å²) in [5.74, 6) is -1.99. The first-order chi connectivity index (χ1) is 21.0. The maximum Gasteiger partial charge on any atom is 0.431 e. The molecule has 2 aliphatic rings. The molecule has 0 spiro atoms. The molecule has 4 heterocycles. The number of rotatable bonds is 7. The van der Waals surface area contributed by atoms with E-state index in [2.05, 4.69) is 30.3 Å². The Hall–Kier alpha value is -4.20. The zero-order chi connectivity index (χ0) is 31.8. The number of alkyl halides is 3. The molecule has 2 saturated heterocycles. The van der Waals surface area contributed by atoms with Crippen molar-refractivity contribution >= 4 is 28.6 Å². The number of para-hydroxylation sites is 1. The quantitative estimate of drug-likeness (QED) is 0.316. The molecular weight excluding hydrogens is 582 g/mol. The standard InChI is InChI=1S/C30H35F4N7O3/c1-4-24(43)38-14-16-39(17-15-38)27-20-18-23(30(32,33)34)41(26-21(31)8-7-9-22(26)42)28(44)25(20)35-29(36-27)40-12-10-19(11-13-40)37(5-2)6-3/h4,7-9,18-19,42H,1,5-6,10-17H2,2-3H3. The number of carbonyl (C=O) groups excluding carboxylic acids is 1. The van der Waals surface area contributed by atoms with Gasteiger partial charge in [-0.1, -0.05) is 26.5 Å². The van der Waals surface area contributed by atoms with Crippen LogP contribution in [0.15, 0.2) is 41.7 Å². The summed E-state index contributed by atoms with van der Waals surface area (Å²) in [5.41, 5.74) is -3.96. The van der Waals surface area contributed by atoms with Crippen LogP contribution in [0.4, 0.5) is 29.3 Å². The number of aromatic nitrogens is 3. The van der Waals surface area contributed by atoms with Gasteiger partial charge in [0.25, 0.3) is 5.56 Å². The van der Waals surface area contributed by atoms with Crippen molar-refractivity contribution in [3.8, 4) is 11.4 Å². The number of phenols is 1. The predicted octanol–water partition coefficient (Wildman–Crippen LogP) is 3.79. The van der Waals surface area contributed by atoms with Crippen molar-refractivity contribution in [2.24, 2.45) is 0 Å². The number of anilines is 2. The highest BCUT2D eigenvalue weighted by atomic mass is 19.4. The van der Waals surface area contributed by atoms with Gasteiger partial charge in [-0.3, -0.25) is 14.2 Å². The summed E-state index contributed by atoms with van der Waals surface area (Å²) in [6, 6.07) is 4.09. The lowest BCUT2D eigenvalue weighted by Crippen LogP contribution is -2.49. The zero-order valence-electron chi connectivity index (χ0n) is 24.6. The van der Waals surface area contributed by atoms with Gasteiger partial charge in [-0.25, -0.2) is 9.37 Å². The Labute approximate surface area is 251 Å². The highest BCUT2D eigenvalue weighted by molar-refractivity contribution is 5.91. The number of phenolic OH excluding ortho intramolecular Hbond substituents is 1. The number of pyridine rings is 1. The molecule has 5 rings (SSSR count). The number of fused-ring (bicyclic) bond motifs is 1. The predicted molar refractivity (Wildman–Crippen MR) is 159 cm³/mol. The third-order valence-electron chi connectivity index (χ3n) is 8.46. The molecule has 10 nitrogen and oxygen atoms in total. The lowest BCUT2D eigenvalue weighted by molar-refractivity contribution is -0.142. The second kappa shape index (κ2) is 12.4. The first-order valence-corrected chi connectivity index (χ1v) is 14.7. The Balaban J connectivity index is 1.68. The van der Waals surface area contributed by atoms with Gasteiger partial charge in [-0.2, -0.15) is 18.2 Å². The van der Waals surface area contributed by atoms with Crippen LogP contribution < -0.4 is 15.4 Å². The molecule has 0 aliphatic carbocycles. The van der Waals surface area contributed by atoms with Gasteiger partial charge in [0.05, 0.1) is 5.39 Å². The first kappa shape index (κ1) is 31.2. The van der Waals surface area contributed by atoms with Crippen LogP contribution in [0.2, 0.25) is 0 Å². The van der Waals surface area contributed by atoms with E-state index in [1.807, 2.05) is 4.90 Å². The number of piperazine rings is 1. The van der Waals surface area contributed by atoms with Gasteiger partial charge in [0.15, 0.2) is 5.82 Å². The van der Waals surface area contributed by atoms with E-state index in [1.54, 1.807) is 9.80 Å². The molecule has 236 valence electrons. The molecule has 3 aromatic rings. The third-order valence-corrected chi connectivity index (χ3v) is 8.46. The van der Waals surface area contributed by atoms with Crippen LogP contribution in [0.3, 0.4) is 0 Å². The van der Waals surface area contributed by atoms with Crippen molar-refractivity contribution in [1.82, 2.24) is 24.3 Å². The second-order valence-electron chi connectivity index (χ2n) is 10.8. The average molecular weight is 618 g/mol. The van der Waals surface area contributed by atoms with Crippen molar-refractivity contribution in [2.45, 2.75) is 38.9 Å². The van der Waals surface area contributed by atoms with Crippen LogP contribution in [-0.2, 0) is 11.0 Å². The fourth-order valence-corrected chi connectivity index (χ4v) is 6.14. The number of halogens is 4. The summed E-state index contributed by atoms with van der Waals surface area (Å²) in [7, 11) is 0. The summed E-state index contributed by atoms with van der Waals surface area (Å²) >= 11 is 0. The van der Waals surface area contributed by atoms with Gasteiger partial charge in [0, 0.05) is 45.3 Å². The van der Waals surface area contributed by atoms with Crippen LogP contribution in [0, 0.1) is 5.82 Å². The molecule has 1 amide bonds. The minimum absolute atomic E-state index is 0.120. The molecule has 44 heavy (non-hydrogen) atoms. The van der Waals surface area contributed by atoms with Crippen LogP contribution in [0.25, 0.3) is 16.6 Å². The van der Waals surface area contributed by atoms with E-state index < -0.39 is 34.7 Å². The Morgan fingerprint density at radius 3 is 2.30 bits per heavy atom. The van der Waals surface area contributed by atoms with Crippen LogP contribution in [0.1, 0.15) is 32.4 Å². The summed E-state index contributed by atoms with van der Waals surface area (Å²) < 4.78 is 58.6. The Bertz CT molecular complexity index is 1590. The SMILES string of the molecule is C=CC(=O)N1CCN(c2nc(N3CCC(N(CC)CC)CC3)nc3c(=O)n(-c4c(O)cccc4F)c(C(F)(F)F)cc23)CC1. The molecule has 0 atom stereocenters. The van der Waals surface area contributed by atoms with Gasteiger partial charge in [-0.15, -0.1) is 0 Å². The fourth-order valence-electron chi connectivity index (χ4n) is 6.14. The molecule has 1 N–H and O–H groups in total. The molecule has 2 aromatic heterocycles. The number of carbonyl (C=O) groups is 1. The maximum absolute atomic E-state index is 14.9. The van der Waals surface area contributed by atoms with E-state index in [-0.39, 0.29) is 59.3 Å². The number of aromatic hydroxyl groups is 1. The zero-order valence-corrected chi connectivity index (χ0v) is 24.6. The summed E-state index contributed by atoms with van der Waals surface area (Å²) in [6.45, 7) is 11.7. The normalized spacial score (nSPS) is 16.7. The Kier molecular flexibility index (Phi) is 8.82. The van der Waals surface area contributed by atoms with E-state index in [4.69, 9.17) is 4.98 Å². The number of nitrogens with zero attached hydrogens (tertiary/aromatic N) is 7. The molecular formula is C30H35F4N7O3. The van der Waals surface area contributed by atoms with Crippen LogP contribution >= 0.6 is 0 Å². The van der Waals surface area contributed by atoms with Crippen LogP contribution in [-0.4, -0.2) is 93.7 Å². The maximum atomic E-state index is 14.9. The van der Waals surface area contributed by atoms with E-state index in [9.17, 15) is 32.3 Å². The van der Waals surface area contributed by atoms with Crippen molar-refractivity contribution < 1.29 is 27.5 Å². The summed E-state index contributed by atoms with van der Waals surface area (Å²) in [6.07, 6.45) is -2.28. The fraction of sp³-hybridized carbons (Fsp3) is 0.467. The van der Waals surface area contributed by atoms with Crippen molar-refractivity contribution in [3.63, 3.8) is 0 Å². The second-order valence-corrected chi connectivity index (χ2v) is 10.8. The van der Waals surface area contributed by atoms with Gasteiger partial charge in [0.2, 0.25) is 11.9 Å². The first-order valence-electron chi connectivity index (χ1n) is 14.7. The van der Waals surface area contributed by atoms with Crippen molar-refractivity contribution in [2.75, 3.05) is 62.2 Å². The molecule has 1 aromatic carbocycles. The molecule has 0 saturated carbocycles. The molecule has 0 bridgehead atoms. The van der Waals surface area contributed by atoms with Gasteiger partial charge in [-0.05, 0) is 50.2 Å². The van der Waals surface area contributed by atoms with E-state index >= 15 is 0 Å². The van der Waals surface area contributed by atoms with Gasteiger partial charge >= 0.3 is 6.18 Å². The molecule has 2 fully saturated rings. The van der Waals surface area contributed by atoms with E-state index in [0.29, 0.717) is 19.1 Å². The number of hydrogen-bond acceptors (Lipinski definition) is 8. The largest absolute Gasteiger partial charge is 0.506 e. The Morgan fingerprint density at radius 1 is 1.07 bits per heavy atom. The number of amides is 1. The molecule has 0 radical (unpaired) electrons. The van der Waals surface area contributed by atoms with Crippen molar-refractivity contribution in [3.05, 3.63) is 58.8 Å². The third kappa shape index (κ3) is 5.82. The van der Waals surface area contributed by atoms with E-state index in [0.717, 1.165) is 50.2 Å². The van der Waals surface area contributed by atoms with Gasteiger partial charge in [0.1, 0.15) is 28.5 Å². The topological polar surface area (TPSA) is 98.0 Å². The highest BCUT2D eigenvalue weighted by Crippen LogP contribution is 2.37. The molecule has 0 unspecified atom stereocenters. The lowest BCUT2D eigenvalue weighted by atomic mass is 10.0. The number of piperidine rings is 1. The minimum Gasteiger partial charge on any atom is -0.506 e. The minimum atomic E-state index is -5.10. The monoisotopic (exact) mass is 617 g/mol. The van der Waals surface area contributed by atoms with Gasteiger partial charge < -0.3 is 24.7 Å².